The summed E-state index contributed by atoms with van der Waals surface area (Å²) < 4.78 is 21.0. The van der Waals surface area contributed by atoms with Gasteiger partial charge in [0.1, 0.15) is 9.84 Å². The molecule has 5 nitrogen and oxygen atoms in total. The molecule has 0 fully saturated rings. The molecule has 0 spiro atoms. The molecule has 0 rings (SSSR count). The molecule has 3 N–H and O–H groups in total. The molecule has 0 atom stereocenters. The van der Waals surface area contributed by atoms with Gasteiger partial charge in [0.15, 0.2) is 0 Å². The molecule has 0 radical (unpaired) electrons. The molecule has 0 saturated heterocycles. The molecule has 0 aromatic heterocycles. The van der Waals surface area contributed by atoms with E-state index in [4.69, 9.17) is 5.73 Å². The number of hydrogen-bond donors (Lipinski definition) is 2. The molecule has 0 aliphatic heterocycles. The van der Waals surface area contributed by atoms with Gasteiger partial charge in [-0.1, -0.05) is 0 Å². The van der Waals surface area contributed by atoms with E-state index in [2.05, 4.69) is 5.32 Å². The number of carbonyl (C=O) groups is 1. The van der Waals surface area contributed by atoms with Crippen molar-refractivity contribution in [3.05, 3.63) is 0 Å². The number of carbonyl (C=O) groups excluding carboxylic acids is 1. The Balaban J connectivity index is 3.51. The highest BCUT2D eigenvalue weighted by Crippen LogP contribution is 1.78. The second-order valence-corrected chi connectivity index (χ2v) is 4.44. The summed E-state index contributed by atoms with van der Waals surface area (Å²) in [5, 5.41) is 2.35. The number of rotatable bonds is 4. The van der Waals surface area contributed by atoms with Gasteiger partial charge in [0.2, 0.25) is 5.91 Å². The predicted molar refractivity (Wildman–Crippen MR) is 41.8 cm³/mol. The van der Waals surface area contributed by atoms with Crippen molar-refractivity contribution in [1.29, 1.82) is 0 Å². The smallest absolute Gasteiger partial charge is 0.233 e. The number of hydrogen-bond acceptors (Lipinski definition) is 4. The highest BCUT2D eigenvalue weighted by atomic mass is 32.2. The fraction of sp³-hybridized carbons (Fsp3) is 0.800. The lowest BCUT2D eigenvalue weighted by Crippen LogP contribution is -2.33. The van der Waals surface area contributed by atoms with Gasteiger partial charge in [0, 0.05) is 12.8 Å². The summed E-state index contributed by atoms with van der Waals surface area (Å²) in [6.07, 6.45) is 1.11. The molecule has 0 unspecified atom stereocenters. The van der Waals surface area contributed by atoms with E-state index in [1.54, 1.807) is 0 Å². The summed E-state index contributed by atoms with van der Waals surface area (Å²) in [4.78, 5) is 10.5. The highest BCUT2D eigenvalue weighted by molar-refractivity contribution is 7.90. The molecular weight excluding hydrogens is 168 g/mol. The molecule has 0 aromatic rings. The van der Waals surface area contributed by atoms with Crippen LogP contribution in [-0.4, -0.2) is 39.4 Å². The van der Waals surface area contributed by atoms with Crippen molar-refractivity contribution in [2.45, 2.75) is 0 Å². The molecule has 11 heavy (non-hydrogen) atoms. The average Bonchev–Trinajstić information content (AvgIpc) is 1.85. The number of nitrogens with one attached hydrogen (secondary N) is 1. The van der Waals surface area contributed by atoms with E-state index in [9.17, 15) is 13.2 Å². The van der Waals surface area contributed by atoms with Crippen LogP contribution in [0.5, 0.6) is 0 Å². The maximum atomic E-state index is 10.5. The van der Waals surface area contributed by atoms with E-state index in [1.807, 2.05) is 0 Å². The molecule has 0 aromatic carbocycles. The molecule has 66 valence electrons. The lowest BCUT2D eigenvalue weighted by Gasteiger charge is -2.00. The van der Waals surface area contributed by atoms with Crippen molar-refractivity contribution >= 4 is 15.7 Å². The fourth-order valence-electron chi connectivity index (χ4n) is 0.448. The fourth-order valence-corrected chi connectivity index (χ4v) is 0.921. The summed E-state index contributed by atoms with van der Waals surface area (Å²) in [5.74, 6) is -0.382. The van der Waals surface area contributed by atoms with Crippen LogP contribution in [0.25, 0.3) is 0 Å². The van der Waals surface area contributed by atoms with Crippen LogP contribution in [-0.2, 0) is 14.6 Å². The Hall–Kier alpha value is -0.620. The van der Waals surface area contributed by atoms with Crippen LogP contribution in [0.3, 0.4) is 0 Å². The van der Waals surface area contributed by atoms with Crippen LogP contribution in [0.2, 0.25) is 0 Å². The van der Waals surface area contributed by atoms with Crippen molar-refractivity contribution in [2.75, 3.05) is 25.1 Å². The van der Waals surface area contributed by atoms with Gasteiger partial charge in [-0.15, -0.1) is 0 Å². The van der Waals surface area contributed by atoms with E-state index >= 15 is 0 Å². The minimum absolute atomic E-state index is 0.0429. The van der Waals surface area contributed by atoms with E-state index in [0.29, 0.717) is 0 Å². The molecule has 0 aliphatic rings. The van der Waals surface area contributed by atoms with Gasteiger partial charge in [0.25, 0.3) is 0 Å². The molecular formula is C5H12N2O3S. The third-order valence-electron chi connectivity index (χ3n) is 0.980. The average molecular weight is 180 g/mol. The van der Waals surface area contributed by atoms with E-state index in [0.717, 1.165) is 6.26 Å². The van der Waals surface area contributed by atoms with Crippen molar-refractivity contribution in [2.24, 2.45) is 5.73 Å². The zero-order valence-corrected chi connectivity index (χ0v) is 7.15. The predicted octanol–water partition coefficient (Wildman–Crippen LogP) is -1.89. The van der Waals surface area contributed by atoms with Gasteiger partial charge >= 0.3 is 0 Å². The quantitative estimate of drug-likeness (QED) is 0.529. The van der Waals surface area contributed by atoms with Crippen LogP contribution in [0.15, 0.2) is 0 Å². The molecule has 1 amide bonds. The van der Waals surface area contributed by atoms with Crippen molar-refractivity contribution in [3.8, 4) is 0 Å². The van der Waals surface area contributed by atoms with Gasteiger partial charge < -0.3 is 11.1 Å². The Labute approximate surface area is 65.9 Å². The van der Waals surface area contributed by atoms with Crippen LogP contribution in [0.1, 0.15) is 0 Å². The summed E-state index contributed by atoms with van der Waals surface area (Å²) in [7, 11) is -2.98. The van der Waals surface area contributed by atoms with Crippen LogP contribution >= 0.6 is 0 Å². The summed E-state index contributed by atoms with van der Waals surface area (Å²) in [6.45, 7) is 0.0264. The monoisotopic (exact) mass is 180 g/mol. The molecule has 0 aliphatic carbocycles. The third-order valence-corrected chi connectivity index (χ3v) is 1.93. The van der Waals surface area contributed by atoms with E-state index in [-0.39, 0.29) is 24.7 Å². The minimum atomic E-state index is -2.98. The zero-order chi connectivity index (χ0) is 8.91. The standard InChI is InChI=1S/C5H12N2O3S/c1-11(9,10)3-2-7-5(8)4-6/h2-4,6H2,1H3,(H,7,8). The van der Waals surface area contributed by atoms with E-state index < -0.39 is 9.84 Å². The first-order chi connectivity index (χ1) is 4.95. The Morgan fingerprint density at radius 2 is 2.09 bits per heavy atom. The second-order valence-electron chi connectivity index (χ2n) is 2.18. The first-order valence-electron chi connectivity index (χ1n) is 3.10. The van der Waals surface area contributed by atoms with E-state index in [1.165, 1.54) is 0 Å². The van der Waals surface area contributed by atoms with Gasteiger partial charge in [-0.3, -0.25) is 4.79 Å². The lowest BCUT2D eigenvalue weighted by atomic mass is 10.6. The highest BCUT2D eigenvalue weighted by Gasteiger charge is 2.02. The Morgan fingerprint density at radius 3 is 2.45 bits per heavy atom. The molecule has 0 heterocycles. The third kappa shape index (κ3) is 7.27. The number of nitrogens with two attached hydrogens (primary N) is 1. The summed E-state index contributed by atoms with van der Waals surface area (Å²) >= 11 is 0. The van der Waals surface area contributed by atoms with Crippen molar-refractivity contribution in [3.63, 3.8) is 0 Å². The molecule has 0 bridgehead atoms. The Morgan fingerprint density at radius 1 is 1.55 bits per heavy atom. The second kappa shape index (κ2) is 4.30. The SMILES string of the molecule is CS(=O)(=O)CCNC(=O)CN. The number of sulfone groups is 1. The van der Waals surface area contributed by atoms with Crippen LogP contribution in [0.4, 0.5) is 0 Å². The summed E-state index contributed by atoms with van der Waals surface area (Å²) in [5.41, 5.74) is 4.96. The molecule has 0 saturated carbocycles. The zero-order valence-electron chi connectivity index (χ0n) is 6.33. The number of amides is 1. The van der Waals surface area contributed by atoms with Gasteiger partial charge in [-0.2, -0.15) is 0 Å². The first-order valence-corrected chi connectivity index (χ1v) is 5.16. The Kier molecular flexibility index (Phi) is 4.06. The first kappa shape index (κ1) is 10.4. The Bertz CT molecular complexity index is 222. The van der Waals surface area contributed by atoms with Gasteiger partial charge in [-0.05, 0) is 0 Å². The molecule has 6 heteroatoms. The maximum Gasteiger partial charge on any atom is 0.233 e. The van der Waals surface area contributed by atoms with Crippen LogP contribution < -0.4 is 11.1 Å². The van der Waals surface area contributed by atoms with Gasteiger partial charge in [0.05, 0.1) is 12.3 Å². The minimum Gasteiger partial charge on any atom is -0.354 e. The largest absolute Gasteiger partial charge is 0.354 e. The van der Waals surface area contributed by atoms with Crippen molar-refractivity contribution < 1.29 is 13.2 Å². The topological polar surface area (TPSA) is 89.3 Å². The lowest BCUT2D eigenvalue weighted by molar-refractivity contribution is -0.119. The summed E-state index contributed by atoms with van der Waals surface area (Å²) in [6, 6.07) is 0. The normalized spacial score (nSPS) is 11.1. The maximum absolute atomic E-state index is 10.5. The van der Waals surface area contributed by atoms with Crippen molar-refractivity contribution in [1.82, 2.24) is 5.32 Å². The van der Waals surface area contributed by atoms with Gasteiger partial charge in [-0.25, -0.2) is 8.42 Å². The van der Waals surface area contributed by atoms with Crippen LogP contribution in [0, 0.1) is 0 Å².